The monoisotopic (exact) mass is 223 g/mol. The molecule has 16 heavy (non-hydrogen) atoms. The number of nitrogens with one attached hydrogen (secondary N) is 2. The molecule has 1 saturated carbocycles. The maximum Gasteiger partial charge on any atom is 0.291 e. The Hall–Kier alpha value is -1.92. The van der Waals surface area contributed by atoms with Gasteiger partial charge in [-0.15, -0.1) is 0 Å². The number of nitrogens with zero attached hydrogens (tertiary/aromatic N) is 3. The highest BCUT2D eigenvalue weighted by molar-refractivity contribution is 5.93. The molecule has 0 spiro atoms. The van der Waals surface area contributed by atoms with Crippen molar-refractivity contribution in [3.63, 3.8) is 0 Å². The third-order valence-electron chi connectivity index (χ3n) is 2.29. The van der Waals surface area contributed by atoms with Gasteiger partial charge in [0.1, 0.15) is 6.33 Å². The molecule has 0 aromatic carbocycles. The van der Waals surface area contributed by atoms with Crippen molar-refractivity contribution in [1.82, 2.24) is 25.4 Å². The molecule has 0 radical (unpaired) electrons. The summed E-state index contributed by atoms with van der Waals surface area (Å²) in [5.41, 5.74) is 0. The number of rotatable bonds is 4. The molecule has 0 atom stereocenters. The van der Waals surface area contributed by atoms with Crippen LogP contribution in [-0.2, 0) is 4.79 Å². The van der Waals surface area contributed by atoms with Crippen molar-refractivity contribution in [1.29, 1.82) is 0 Å². The van der Waals surface area contributed by atoms with Crippen LogP contribution in [0.5, 0.6) is 0 Å². The van der Waals surface area contributed by atoms with Crippen LogP contribution in [0, 0.1) is 0 Å². The molecule has 7 nitrogen and oxygen atoms in total. The molecular formula is C9H13N5O2. The summed E-state index contributed by atoms with van der Waals surface area (Å²) in [5.74, 6) is -0.344. The molecule has 1 aliphatic carbocycles. The predicted molar refractivity (Wildman–Crippen MR) is 54.5 cm³/mol. The first-order chi connectivity index (χ1) is 7.66. The second-order valence-corrected chi connectivity index (χ2v) is 3.84. The fourth-order valence-corrected chi connectivity index (χ4v) is 1.28. The molecule has 0 aliphatic heterocycles. The molecule has 86 valence electrons. The number of aromatic nitrogens is 3. The summed E-state index contributed by atoms with van der Waals surface area (Å²) < 4.78 is 0. The fraction of sp³-hybridized carbons (Fsp3) is 0.556. The van der Waals surface area contributed by atoms with Gasteiger partial charge in [-0.2, -0.15) is 5.10 Å². The third kappa shape index (κ3) is 2.56. The number of aromatic amines is 1. The number of hydrogen-bond acceptors (Lipinski definition) is 4. The van der Waals surface area contributed by atoms with E-state index in [1.807, 2.05) is 0 Å². The van der Waals surface area contributed by atoms with Crippen molar-refractivity contribution in [3.8, 4) is 0 Å². The standard InChI is InChI=1S/C9H13N5O2/c1-14(4-7(15)12-6-2-3-6)9(16)8-10-5-11-13-8/h5-6H,2-4H2,1H3,(H,12,15)(H,10,11,13). The zero-order valence-corrected chi connectivity index (χ0v) is 8.93. The normalized spacial score (nSPS) is 14.6. The minimum Gasteiger partial charge on any atom is -0.352 e. The lowest BCUT2D eigenvalue weighted by Crippen LogP contribution is -2.39. The highest BCUT2D eigenvalue weighted by Gasteiger charge is 2.24. The summed E-state index contributed by atoms with van der Waals surface area (Å²) >= 11 is 0. The van der Waals surface area contributed by atoms with E-state index in [1.165, 1.54) is 11.2 Å². The third-order valence-corrected chi connectivity index (χ3v) is 2.29. The Balaban J connectivity index is 1.84. The molecule has 2 N–H and O–H groups in total. The summed E-state index contributed by atoms with van der Waals surface area (Å²) in [6.45, 7) is 0.0377. The van der Waals surface area contributed by atoms with E-state index < -0.39 is 0 Å². The molecule has 1 aromatic rings. The van der Waals surface area contributed by atoms with Gasteiger partial charge in [0, 0.05) is 13.1 Å². The summed E-state index contributed by atoms with van der Waals surface area (Å²) in [6.07, 6.45) is 3.32. The Bertz CT molecular complexity index is 385. The van der Waals surface area contributed by atoms with Gasteiger partial charge in [0.25, 0.3) is 5.91 Å². The van der Waals surface area contributed by atoms with Crippen LogP contribution in [0.4, 0.5) is 0 Å². The van der Waals surface area contributed by atoms with Gasteiger partial charge in [0.05, 0.1) is 6.54 Å². The molecule has 0 bridgehead atoms. The molecule has 1 heterocycles. The molecule has 7 heteroatoms. The average Bonchev–Trinajstić information content (AvgIpc) is 2.89. The second kappa shape index (κ2) is 4.30. The number of likely N-dealkylation sites (N-methyl/N-ethyl adjacent to an activating group) is 1. The average molecular weight is 223 g/mol. The molecule has 1 fully saturated rings. The van der Waals surface area contributed by atoms with E-state index in [0.717, 1.165) is 12.8 Å². The van der Waals surface area contributed by atoms with Gasteiger partial charge >= 0.3 is 0 Å². The first-order valence-electron chi connectivity index (χ1n) is 5.07. The van der Waals surface area contributed by atoms with Gasteiger partial charge in [-0.1, -0.05) is 0 Å². The van der Waals surface area contributed by atoms with Gasteiger partial charge < -0.3 is 10.2 Å². The van der Waals surface area contributed by atoms with Crippen LogP contribution in [0.15, 0.2) is 6.33 Å². The number of carbonyl (C=O) groups excluding carboxylic acids is 2. The van der Waals surface area contributed by atoms with E-state index in [-0.39, 0.29) is 24.2 Å². The van der Waals surface area contributed by atoms with E-state index in [4.69, 9.17) is 0 Å². The number of amides is 2. The van der Waals surface area contributed by atoms with Gasteiger partial charge in [-0.05, 0) is 12.8 Å². The number of carbonyl (C=O) groups is 2. The van der Waals surface area contributed by atoms with Gasteiger partial charge in [0.15, 0.2) is 0 Å². The zero-order chi connectivity index (χ0) is 11.5. The van der Waals surface area contributed by atoms with Crippen molar-refractivity contribution < 1.29 is 9.59 Å². The molecule has 1 aliphatic rings. The number of H-pyrrole nitrogens is 1. The molecule has 1 aromatic heterocycles. The van der Waals surface area contributed by atoms with Crippen LogP contribution in [0.2, 0.25) is 0 Å². The van der Waals surface area contributed by atoms with Crippen LogP contribution in [0.3, 0.4) is 0 Å². The van der Waals surface area contributed by atoms with Crippen molar-refractivity contribution in [2.45, 2.75) is 18.9 Å². The lowest BCUT2D eigenvalue weighted by atomic mass is 10.4. The van der Waals surface area contributed by atoms with E-state index in [2.05, 4.69) is 20.5 Å². The summed E-state index contributed by atoms with van der Waals surface area (Å²) in [5, 5.41) is 8.85. The Morgan fingerprint density at radius 3 is 2.94 bits per heavy atom. The van der Waals surface area contributed by atoms with Gasteiger partial charge in [0.2, 0.25) is 11.7 Å². The van der Waals surface area contributed by atoms with Crippen molar-refractivity contribution in [2.75, 3.05) is 13.6 Å². The lowest BCUT2D eigenvalue weighted by molar-refractivity contribution is -0.121. The number of hydrogen-bond donors (Lipinski definition) is 2. The van der Waals surface area contributed by atoms with Gasteiger partial charge in [-0.3, -0.25) is 14.7 Å². The zero-order valence-electron chi connectivity index (χ0n) is 8.93. The van der Waals surface area contributed by atoms with Crippen molar-refractivity contribution in [3.05, 3.63) is 12.2 Å². The molecule has 2 rings (SSSR count). The highest BCUT2D eigenvalue weighted by Crippen LogP contribution is 2.18. The van der Waals surface area contributed by atoms with E-state index in [9.17, 15) is 9.59 Å². The van der Waals surface area contributed by atoms with Gasteiger partial charge in [-0.25, -0.2) is 4.98 Å². The maximum absolute atomic E-state index is 11.7. The first kappa shape index (κ1) is 10.6. The summed E-state index contributed by atoms with van der Waals surface area (Å²) in [6, 6.07) is 0.307. The highest BCUT2D eigenvalue weighted by atomic mass is 16.2. The quantitative estimate of drug-likeness (QED) is 0.696. The molecule has 0 unspecified atom stereocenters. The summed E-state index contributed by atoms with van der Waals surface area (Å²) in [4.78, 5) is 28.1. The minimum atomic E-state index is -0.344. The predicted octanol–water partition coefficient (Wildman–Crippen LogP) is -0.845. The summed E-state index contributed by atoms with van der Waals surface area (Å²) in [7, 11) is 1.55. The van der Waals surface area contributed by atoms with Crippen LogP contribution in [0.25, 0.3) is 0 Å². The van der Waals surface area contributed by atoms with Crippen LogP contribution in [-0.4, -0.2) is 51.5 Å². The van der Waals surface area contributed by atoms with Crippen molar-refractivity contribution >= 4 is 11.8 Å². The van der Waals surface area contributed by atoms with Crippen molar-refractivity contribution in [2.24, 2.45) is 0 Å². The SMILES string of the molecule is CN(CC(=O)NC1CC1)C(=O)c1ncn[nH]1. The van der Waals surface area contributed by atoms with Crippen LogP contribution in [0.1, 0.15) is 23.5 Å². The second-order valence-electron chi connectivity index (χ2n) is 3.84. The lowest BCUT2D eigenvalue weighted by Gasteiger charge is -2.14. The molecule has 2 amide bonds. The first-order valence-corrected chi connectivity index (χ1v) is 5.07. The molecule has 0 saturated heterocycles. The van der Waals surface area contributed by atoms with E-state index in [0.29, 0.717) is 6.04 Å². The maximum atomic E-state index is 11.7. The van der Waals surface area contributed by atoms with E-state index in [1.54, 1.807) is 7.05 Å². The topological polar surface area (TPSA) is 91.0 Å². The fourth-order valence-electron chi connectivity index (χ4n) is 1.28. The van der Waals surface area contributed by atoms with Crippen LogP contribution >= 0.6 is 0 Å². The Morgan fingerprint density at radius 2 is 2.38 bits per heavy atom. The Kier molecular flexibility index (Phi) is 2.84. The minimum absolute atomic E-state index is 0.0377. The Morgan fingerprint density at radius 1 is 1.62 bits per heavy atom. The smallest absolute Gasteiger partial charge is 0.291 e. The largest absolute Gasteiger partial charge is 0.352 e. The van der Waals surface area contributed by atoms with E-state index >= 15 is 0 Å². The Labute approximate surface area is 92.2 Å². The molecular weight excluding hydrogens is 210 g/mol. The van der Waals surface area contributed by atoms with Crippen LogP contribution < -0.4 is 5.32 Å².